The first-order valence-corrected chi connectivity index (χ1v) is 4.83. The van der Waals surface area contributed by atoms with Crippen molar-refractivity contribution in [2.45, 2.75) is 25.8 Å². The number of aliphatic imine (C=N–C) groups is 1. The van der Waals surface area contributed by atoms with E-state index in [0.717, 1.165) is 25.0 Å². The molecule has 0 spiro atoms. The van der Waals surface area contributed by atoms with Crippen LogP contribution in [0, 0.1) is 5.92 Å². The van der Waals surface area contributed by atoms with Gasteiger partial charge in [0.1, 0.15) is 0 Å². The molecule has 2 atom stereocenters. The van der Waals surface area contributed by atoms with Crippen LogP contribution < -0.4 is 5.32 Å². The van der Waals surface area contributed by atoms with Crippen LogP contribution in [-0.2, 0) is 0 Å². The molecule has 0 bridgehead atoms. The average molecular weight is 167 g/mol. The zero-order valence-electron chi connectivity index (χ0n) is 7.88. The maximum absolute atomic E-state index is 4.40. The van der Waals surface area contributed by atoms with E-state index in [4.69, 9.17) is 0 Å². The fourth-order valence-corrected chi connectivity index (χ4v) is 1.73. The molecule has 0 unspecified atom stereocenters. The molecule has 3 nitrogen and oxygen atoms in total. The molecule has 1 N–H and O–H groups in total. The molecular weight excluding hydrogens is 150 g/mol. The quantitative estimate of drug-likeness (QED) is 0.655. The van der Waals surface area contributed by atoms with Gasteiger partial charge in [0.15, 0.2) is 5.96 Å². The lowest BCUT2D eigenvalue weighted by Gasteiger charge is -2.14. The summed E-state index contributed by atoms with van der Waals surface area (Å²) in [5.74, 6) is 2.01. The first-order valence-electron chi connectivity index (χ1n) is 4.83. The van der Waals surface area contributed by atoms with Gasteiger partial charge in [-0.25, -0.2) is 0 Å². The van der Waals surface area contributed by atoms with E-state index >= 15 is 0 Å². The predicted octanol–water partition coefficient (Wildman–Crippen LogP) is 0.676. The highest BCUT2D eigenvalue weighted by atomic mass is 15.3. The van der Waals surface area contributed by atoms with Crippen molar-refractivity contribution < 1.29 is 0 Å². The average Bonchev–Trinajstić information content (AvgIpc) is 2.70. The molecule has 2 rings (SSSR count). The second-order valence-corrected chi connectivity index (χ2v) is 3.78. The van der Waals surface area contributed by atoms with Crippen LogP contribution in [0.2, 0.25) is 0 Å². The molecule has 1 aliphatic carbocycles. The number of nitrogens with zero attached hydrogens (tertiary/aromatic N) is 2. The molecule has 0 aromatic heterocycles. The molecule has 3 heteroatoms. The van der Waals surface area contributed by atoms with Gasteiger partial charge in [-0.3, -0.25) is 4.99 Å². The first kappa shape index (κ1) is 7.90. The minimum Gasteiger partial charge on any atom is -0.353 e. The fourth-order valence-electron chi connectivity index (χ4n) is 1.73. The summed E-state index contributed by atoms with van der Waals surface area (Å²) < 4.78 is 0. The van der Waals surface area contributed by atoms with E-state index in [0.29, 0.717) is 6.04 Å². The highest BCUT2D eigenvalue weighted by Crippen LogP contribution is 2.33. The molecule has 1 fully saturated rings. The lowest BCUT2D eigenvalue weighted by Crippen LogP contribution is -2.37. The summed E-state index contributed by atoms with van der Waals surface area (Å²) in [7, 11) is 2.10. The van der Waals surface area contributed by atoms with Crippen LogP contribution in [0.25, 0.3) is 0 Å². The third-order valence-corrected chi connectivity index (χ3v) is 2.82. The SMILES string of the molecule is CC[C@@H]1C[C@H]1NC1=NCCN1C. The lowest BCUT2D eigenvalue weighted by atomic mass is 10.3. The van der Waals surface area contributed by atoms with Gasteiger partial charge in [-0.1, -0.05) is 13.3 Å². The molecule has 1 aliphatic heterocycles. The summed E-state index contributed by atoms with van der Waals surface area (Å²) in [4.78, 5) is 6.60. The van der Waals surface area contributed by atoms with Gasteiger partial charge >= 0.3 is 0 Å². The van der Waals surface area contributed by atoms with Crippen molar-refractivity contribution in [3.63, 3.8) is 0 Å². The summed E-state index contributed by atoms with van der Waals surface area (Å²) in [6.45, 7) is 4.29. The largest absolute Gasteiger partial charge is 0.353 e. The normalized spacial score (nSPS) is 33.5. The van der Waals surface area contributed by atoms with Crippen LogP contribution >= 0.6 is 0 Å². The highest BCUT2D eigenvalue weighted by molar-refractivity contribution is 5.81. The van der Waals surface area contributed by atoms with Gasteiger partial charge in [0.2, 0.25) is 0 Å². The van der Waals surface area contributed by atoms with Gasteiger partial charge in [0.05, 0.1) is 6.54 Å². The molecule has 0 aromatic carbocycles. The van der Waals surface area contributed by atoms with Crippen LogP contribution in [-0.4, -0.2) is 37.0 Å². The monoisotopic (exact) mass is 167 g/mol. The van der Waals surface area contributed by atoms with E-state index in [1.54, 1.807) is 0 Å². The fraction of sp³-hybridized carbons (Fsp3) is 0.889. The summed E-state index contributed by atoms with van der Waals surface area (Å²) >= 11 is 0. The van der Waals surface area contributed by atoms with Crippen molar-refractivity contribution in [2.24, 2.45) is 10.9 Å². The Bertz CT molecular complexity index is 200. The molecule has 0 amide bonds. The second kappa shape index (κ2) is 2.96. The Balaban J connectivity index is 1.80. The number of likely N-dealkylation sites (N-methyl/N-ethyl adjacent to an activating group) is 1. The molecule has 0 radical (unpaired) electrons. The number of rotatable bonds is 2. The molecule has 12 heavy (non-hydrogen) atoms. The van der Waals surface area contributed by atoms with Gasteiger partial charge in [0.25, 0.3) is 0 Å². The molecule has 0 aromatic rings. The van der Waals surface area contributed by atoms with Gasteiger partial charge in [0, 0.05) is 19.6 Å². The van der Waals surface area contributed by atoms with Crippen molar-refractivity contribution >= 4 is 5.96 Å². The number of guanidine groups is 1. The molecule has 1 heterocycles. The van der Waals surface area contributed by atoms with Crippen LogP contribution in [0.3, 0.4) is 0 Å². The second-order valence-electron chi connectivity index (χ2n) is 3.78. The lowest BCUT2D eigenvalue weighted by molar-refractivity contribution is 0.529. The summed E-state index contributed by atoms with van der Waals surface area (Å²) in [5, 5.41) is 3.48. The smallest absolute Gasteiger partial charge is 0.194 e. The third-order valence-electron chi connectivity index (χ3n) is 2.82. The Kier molecular flexibility index (Phi) is 1.95. The van der Waals surface area contributed by atoms with Crippen molar-refractivity contribution in [2.75, 3.05) is 20.1 Å². The molecule has 68 valence electrons. The Morgan fingerprint density at radius 3 is 3.00 bits per heavy atom. The summed E-state index contributed by atoms with van der Waals surface area (Å²) in [6.07, 6.45) is 2.64. The standard InChI is InChI=1S/C9H17N3/c1-3-7-6-8(7)11-9-10-4-5-12(9)2/h7-8H,3-6H2,1-2H3,(H,10,11)/t7-,8-/m1/s1. The molecule has 0 saturated heterocycles. The summed E-state index contributed by atoms with van der Waals surface area (Å²) in [6, 6.07) is 0.717. The van der Waals surface area contributed by atoms with Gasteiger partial charge in [-0.05, 0) is 12.3 Å². The van der Waals surface area contributed by atoms with Crippen molar-refractivity contribution in [3.8, 4) is 0 Å². The maximum Gasteiger partial charge on any atom is 0.194 e. The Labute approximate surface area is 73.9 Å². The van der Waals surface area contributed by atoms with Crippen molar-refractivity contribution in [1.29, 1.82) is 0 Å². The molecule has 2 aliphatic rings. The zero-order valence-corrected chi connectivity index (χ0v) is 7.88. The van der Waals surface area contributed by atoms with Crippen LogP contribution in [0.5, 0.6) is 0 Å². The topological polar surface area (TPSA) is 27.6 Å². The van der Waals surface area contributed by atoms with E-state index in [1.807, 2.05) is 0 Å². The van der Waals surface area contributed by atoms with Crippen LogP contribution in [0.4, 0.5) is 0 Å². The first-order chi connectivity index (χ1) is 5.81. The number of nitrogens with one attached hydrogen (secondary N) is 1. The zero-order chi connectivity index (χ0) is 8.55. The third kappa shape index (κ3) is 1.40. The number of hydrogen-bond donors (Lipinski definition) is 1. The Morgan fingerprint density at radius 2 is 2.50 bits per heavy atom. The van der Waals surface area contributed by atoms with E-state index < -0.39 is 0 Å². The predicted molar refractivity (Wildman–Crippen MR) is 50.3 cm³/mol. The van der Waals surface area contributed by atoms with Gasteiger partial charge in [-0.15, -0.1) is 0 Å². The van der Waals surface area contributed by atoms with E-state index in [9.17, 15) is 0 Å². The van der Waals surface area contributed by atoms with Gasteiger partial charge in [-0.2, -0.15) is 0 Å². The van der Waals surface area contributed by atoms with Gasteiger partial charge < -0.3 is 10.2 Å². The number of hydrogen-bond acceptors (Lipinski definition) is 3. The van der Waals surface area contributed by atoms with E-state index in [-0.39, 0.29) is 0 Å². The summed E-state index contributed by atoms with van der Waals surface area (Å²) in [5.41, 5.74) is 0. The van der Waals surface area contributed by atoms with Crippen LogP contribution in [0.15, 0.2) is 4.99 Å². The van der Waals surface area contributed by atoms with Crippen molar-refractivity contribution in [3.05, 3.63) is 0 Å². The highest BCUT2D eigenvalue weighted by Gasteiger charge is 2.36. The van der Waals surface area contributed by atoms with E-state index in [1.165, 1.54) is 12.8 Å². The molecular formula is C9H17N3. The maximum atomic E-state index is 4.40. The Hall–Kier alpha value is -0.730. The van der Waals surface area contributed by atoms with Crippen LogP contribution in [0.1, 0.15) is 19.8 Å². The minimum absolute atomic E-state index is 0.717. The van der Waals surface area contributed by atoms with Crippen molar-refractivity contribution in [1.82, 2.24) is 10.2 Å². The van der Waals surface area contributed by atoms with E-state index in [2.05, 4.69) is 29.2 Å². The molecule has 1 saturated carbocycles. The minimum atomic E-state index is 0.717. The Morgan fingerprint density at radius 1 is 1.67 bits per heavy atom.